The molecule has 1 N–H and O–H groups in total. The molecule has 2 aromatic heterocycles. The van der Waals surface area contributed by atoms with E-state index in [1.807, 2.05) is 29.8 Å². The summed E-state index contributed by atoms with van der Waals surface area (Å²) < 4.78 is 23.1. The van der Waals surface area contributed by atoms with E-state index in [2.05, 4.69) is 21.7 Å². The first-order chi connectivity index (χ1) is 16.1. The second-order valence-corrected chi connectivity index (χ2v) is 8.17. The number of aliphatic hydroxyl groups is 1. The van der Waals surface area contributed by atoms with Crippen LogP contribution in [0.2, 0.25) is 0 Å². The topological polar surface area (TPSA) is 65.1 Å². The molecule has 0 aliphatic carbocycles. The quantitative estimate of drug-likeness (QED) is 0.470. The van der Waals surface area contributed by atoms with Gasteiger partial charge >= 0.3 is 0 Å². The Kier molecular flexibility index (Phi) is 5.56. The summed E-state index contributed by atoms with van der Waals surface area (Å²) in [7, 11) is 1.66. The van der Waals surface area contributed by atoms with Crippen LogP contribution in [-0.4, -0.2) is 31.3 Å². The molecule has 7 heteroatoms. The predicted octanol–water partition coefficient (Wildman–Crippen LogP) is 5.02. The number of allylic oxidation sites excluding steroid dienone is 1. The lowest BCUT2D eigenvalue weighted by Gasteiger charge is -2.19. The molecule has 0 fully saturated rings. The van der Waals surface area contributed by atoms with Gasteiger partial charge in [0.1, 0.15) is 17.4 Å². The van der Waals surface area contributed by atoms with Crippen molar-refractivity contribution in [2.45, 2.75) is 32.9 Å². The van der Waals surface area contributed by atoms with Crippen molar-refractivity contribution in [3.05, 3.63) is 83.6 Å². The lowest BCUT2D eigenvalue weighted by Crippen LogP contribution is -2.12. The van der Waals surface area contributed by atoms with Crippen molar-refractivity contribution >= 4 is 11.6 Å². The third-order valence-electron chi connectivity index (χ3n) is 5.99. The number of hydrogen-bond acceptors (Lipinski definition) is 4. The lowest BCUT2D eigenvalue weighted by molar-refractivity contribution is 0.270. The molecule has 1 aliphatic rings. The number of benzene rings is 2. The van der Waals surface area contributed by atoms with Gasteiger partial charge in [0.25, 0.3) is 0 Å². The number of imidazole rings is 2. The van der Waals surface area contributed by atoms with Crippen LogP contribution >= 0.6 is 0 Å². The number of ether oxygens (including phenoxy) is 1. The molecule has 0 saturated heterocycles. The molecule has 4 aromatic rings. The molecule has 0 atom stereocenters. The maximum atomic E-state index is 13.4. The molecule has 168 valence electrons. The third kappa shape index (κ3) is 3.96. The predicted molar refractivity (Wildman–Crippen MR) is 126 cm³/mol. The Morgan fingerprint density at radius 3 is 2.70 bits per heavy atom. The highest BCUT2D eigenvalue weighted by atomic mass is 19.1. The van der Waals surface area contributed by atoms with Crippen molar-refractivity contribution in [2.24, 2.45) is 0 Å². The van der Waals surface area contributed by atoms with E-state index in [0.717, 1.165) is 64.7 Å². The summed E-state index contributed by atoms with van der Waals surface area (Å²) in [5, 5.41) is 10.1. The molecule has 0 amide bonds. The first kappa shape index (κ1) is 21.2. The van der Waals surface area contributed by atoms with Gasteiger partial charge in [-0.1, -0.05) is 6.07 Å². The zero-order valence-corrected chi connectivity index (χ0v) is 18.6. The molecule has 0 unspecified atom stereocenters. The van der Waals surface area contributed by atoms with Crippen molar-refractivity contribution < 1.29 is 14.2 Å². The average Bonchev–Trinajstić information content (AvgIpc) is 3.43. The van der Waals surface area contributed by atoms with Crippen LogP contribution in [0.15, 0.2) is 55.0 Å². The summed E-state index contributed by atoms with van der Waals surface area (Å²) in [6.07, 6.45) is 7.70. The lowest BCUT2D eigenvalue weighted by atomic mass is 10.0. The fourth-order valence-corrected chi connectivity index (χ4v) is 4.40. The van der Waals surface area contributed by atoms with Gasteiger partial charge in [-0.2, -0.15) is 0 Å². The van der Waals surface area contributed by atoms with Gasteiger partial charge in [-0.25, -0.2) is 14.4 Å². The van der Waals surface area contributed by atoms with Crippen LogP contribution in [0.3, 0.4) is 0 Å². The minimum atomic E-state index is -0.294. The third-order valence-corrected chi connectivity index (χ3v) is 5.99. The van der Waals surface area contributed by atoms with Crippen LogP contribution in [0.1, 0.15) is 35.6 Å². The minimum absolute atomic E-state index is 0.125. The molecule has 1 aliphatic heterocycles. The van der Waals surface area contributed by atoms with E-state index in [1.54, 1.807) is 25.6 Å². The van der Waals surface area contributed by atoms with E-state index >= 15 is 0 Å². The van der Waals surface area contributed by atoms with Crippen LogP contribution in [-0.2, 0) is 13.2 Å². The van der Waals surface area contributed by atoms with Crippen LogP contribution in [0.5, 0.6) is 5.75 Å². The number of aliphatic hydroxyl groups excluding tert-OH is 1. The first-order valence-corrected chi connectivity index (χ1v) is 10.9. The molecule has 0 radical (unpaired) electrons. The number of fused-ring (bicyclic) bond motifs is 1. The monoisotopic (exact) mass is 444 g/mol. The van der Waals surface area contributed by atoms with Crippen molar-refractivity contribution in [3.8, 4) is 22.7 Å². The molecule has 33 heavy (non-hydrogen) atoms. The van der Waals surface area contributed by atoms with Gasteiger partial charge in [-0.15, -0.1) is 0 Å². The molecular weight excluding hydrogens is 419 g/mol. The Balaban J connectivity index is 1.55. The number of halogens is 1. The molecule has 3 heterocycles. The SMILES string of the molecule is COc1cc(/C=C2\CCCn3c2nc(-c2ccc(F)cc2)c3CO)ccc1-n1cnc(C)c1. The average molecular weight is 445 g/mol. The van der Waals surface area contributed by atoms with E-state index in [0.29, 0.717) is 5.69 Å². The second-order valence-electron chi connectivity index (χ2n) is 8.17. The van der Waals surface area contributed by atoms with Gasteiger partial charge in [0.2, 0.25) is 0 Å². The Morgan fingerprint density at radius 1 is 1.18 bits per heavy atom. The zero-order chi connectivity index (χ0) is 22.9. The molecule has 0 bridgehead atoms. The smallest absolute Gasteiger partial charge is 0.143 e. The number of methoxy groups -OCH3 is 1. The number of aromatic nitrogens is 4. The molecule has 0 spiro atoms. The van der Waals surface area contributed by atoms with Crippen molar-refractivity contribution in [2.75, 3.05) is 7.11 Å². The van der Waals surface area contributed by atoms with Crippen LogP contribution < -0.4 is 4.74 Å². The van der Waals surface area contributed by atoms with E-state index in [1.165, 1.54) is 12.1 Å². The van der Waals surface area contributed by atoms with Crippen molar-refractivity contribution in [1.82, 2.24) is 19.1 Å². The second kappa shape index (κ2) is 8.67. The Bertz CT molecular complexity index is 1340. The molecule has 2 aromatic carbocycles. The Hall–Kier alpha value is -3.71. The molecule has 0 saturated carbocycles. The summed E-state index contributed by atoms with van der Waals surface area (Å²) in [6.45, 7) is 2.62. The van der Waals surface area contributed by atoms with Gasteiger partial charge in [-0.05, 0) is 73.4 Å². The molecular formula is C26H25FN4O2. The Morgan fingerprint density at radius 2 is 2.00 bits per heavy atom. The first-order valence-electron chi connectivity index (χ1n) is 10.9. The van der Waals surface area contributed by atoms with Crippen molar-refractivity contribution in [3.63, 3.8) is 0 Å². The minimum Gasteiger partial charge on any atom is -0.495 e. The maximum Gasteiger partial charge on any atom is 0.143 e. The van der Waals surface area contributed by atoms with Gasteiger partial charge in [-0.3, -0.25) is 0 Å². The number of nitrogens with zero attached hydrogens (tertiary/aromatic N) is 4. The normalized spacial score (nSPS) is 14.5. The highest BCUT2D eigenvalue weighted by molar-refractivity contribution is 5.82. The van der Waals surface area contributed by atoms with Gasteiger partial charge in [0, 0.05) is 18.3 Å². The number of aryl methyl sites for hydroxylation is 1. The summed E-state index contributed by atoms with van der Waals surface area (Å²) in [5.74, 6) is 1.30. The van der Waals surface area contributed by atoms with Gasteiger partial charge in [0.15, 0.2) is 0 Å². The van der Waals surface area contributed by atoms with Crippen LogP contribution in [0.4, 0.5) is 4.39 Å². The summed E-state index contributed by atoms with van der Waals surface area (Å²) >= 11 is 0. The van der Waals surface area contributed by atoms with Crippen molar-refractivity contribution in [1.29, 1.82) is 0 Å². The summed E-state index contributed by atoms with van der Waals surface area (Å²) in [4.78, 5) is 9.18. The van der Waals surface area contributed by atoms with E-state index in [4.69, 9.17) is 9.72 Å². The summed E-state index contributed by atoms with van der Waals surface area (Å²) in [5.41, 5.74) is 6.21. The standard InChI is InChI=1S/C26H25FN4O2/c1-17-14-30(16-28-17)22-10-5-18(13-24(22)33-2)12-20-4-3-11-31-23(15-32)25(29-26(20)31)19-6-8-21(27)9-7-19/h5-10,12-14,16,32H,3-4,11,15H2,1-2H3/b20-12+. The van der Waals surface area contributed by atoms with E-state index < -0.39 is 0 Å². The highest BCUT2D eigenvalue weighted by Gasteiger charge is 2.23. The van der Waals surface area contributed by atoms with Crippen LogP contribution in [0.25, 0.3) is 28.6 Å². The largest absolute Gasteiger partial charge is 0.495 e. The van der Waals surface area contributed by atoms with E-state index in [9.17, 15) is 9.50 Å². The van der Waals surface area contributed by atoms with E-state index in [-0.39, 0.29) is 12.4 Å². The Labute approximate surface area is 191 Å². The van der Waals surface area contributed by atoms with Crippen LogP contribution in [0, 0.1) is 12.7 Å². The highest BCUT2D eigenvalue weighted by Crippen LogP contribution is 2.35. The fourth-order valence-electron chi connectivity index (χ4n) is 4.40. The van der Waals surface area contributed by atoms with Gasteiger partial charge in [0.05, 0.1) is 42.8 Å². The molecule has 6 nitrogen and oxygen atoms in total. The number of hydrogen-bond donors (Lipinski definition) is 1. The maximum absolute atomic E-state index is 13.4. The zero-order valence-electron chi connectivity index (χ0n) is 18.6. The summed E-state index contributed by atoms with van der Waals surface area (Å²) in [6, 6.07) is 12.3. The fraction of sp³-hybridized carbons (Fsp3) is 0.231. The number of rotatable bonds is 5. The molecule has 5 rings (SSSR count). The van der Waals surface area contributed by atoms with Gasteiger partial charge < -0.3 is 19.0 Å².